The zero-order chi connectivity index (χ0) is 12.5. The SMILES string of the molecule is CC(C)(C)COC(=O)n1ncc2ccccc21. The third-order valence-electron chi connectivity index (χ3n) is 2.28. The molecule has 0 saturated heterocycles. The lowest BCUT2D eigenvalue weighted by Gasteiger charge is -2.17. The molecule has 90 valence electrons. The van der Waals surface area contributed by atoms with Crippen LogP contribution in [0.5, 0.6) is 0 Å². The van der Waals surface area contributed by atoms with Gasteiger partial charge in [-0.25, -0.2) is 4.79 Å². The Balaban J connectivity index is 2.20. The van der Waals surface area contributed by atoms with Crippen molar-refractivity contribution in [1.29, 1.82) is 0 Å². The van der Waals surface area contributed by atoms with Crippen LogP contribution in [-0.4, -0.2) is 22.5 Å². The van der Waals surface area contributed by atoms with Crippen molar-refractivity contribution in [2.24, 2.45) is 5.41 Å². The molecule has 2 rings (SSSR count). The number of rotatable bonds is 1. The van der Waals surface area contributed by atoms with Crippen LogP contribution in [0.15, 0.2) is 30.5 Å². The van der Waals surface area contributed by atoms with Gasteiger partial charge in [-0.1, -0.05) is 39.0 Å². The molecule has 0 aliphatic heterocycles. The summed E-state index contributed by atoms with van der Waals surface area (Å²) in [6.07, 6.45) is 1.23. The minimum absolute atomic E-state index is 0.0430. The van der Waals surface area contributed by atoms with Crippen LogP contribution in [-0.2, 0) is 4.74 Å². The summed E-state index contributed by atoms with van der Waals surface area (Å²) in [4.78, 5) is 11.8. The van der Waals surface area contributed by atoms with Gasteiger partial charge in [0.2, 0.25) is 0 Å². The highest BCUT2D eigenvalue weighted by Gasteiger charge is 2.16. The van der Waals surface area contributed by atoms with Gasteiger partial charge < -0.3 is 4.74 Å². The Hall–Kier alpha value is -1.84. The number of carbonyl (C=O) groups is 1. The summed E-state index contributed by atoms with van der Waals surface area (Å²) >= 11 is 0. The smallest absolute Gasteiger partial charge is 0.435 e. The van der Waals surface area contributed by atoms with Crippen molar-refractivity contribution in [3.63, 3.8) is 0 Å². The van der Waals surface area contributed by atoms with E-state index in [0.29, 0.717) is 6.61 Å². The van der Waals surface area contributed by atoms with Crippen LogP contribution in [0.3, 0.4) is 0 Å². The van der Waals surface area contributed by atoms with E-state index in [1.165, 1.54) is 4.68 Å². The Labute approximate surface area is 100 Å². The fourth-order valence-corrected chi connectivity index (χ4v) is 1.46. The maximum Gasteiger partial charge on any atom is 0.435 e. The molecule has 4 heteroatoms. The second-order valence-electron chi connectivity index (χ2n) is 5.23. The van der Waals surface area contributed by atoms with Crippen molar-refractivity contribution in [1.82, 2.24) is 9.78 Å². The number of para-hydroxylation sites is 1. The Morgan fingerprint density at radius 1 is 1.35 bits per heavy atom. The maximum atomic E-state index is 11.8. The third kappa shape index (κ3) is 2.64. The molecular weight excluding hydrogens is 216 g/mol. The Morgan fingerprint density at radius 2 is 2.06 bits per heavy atom. The summed E-state index contributed by atoms with van der Waals surface area (Å²) in [7, 11) is 0. The molecule has 0 amide bonds. The second kappa shape index (κ2) is 4.20. The van der Waals surface area contributed by atoms with E-state index in [2.05, 4.69) is 5.10 Å². The topological polar surface area (TPSA) is 44.1 Å². The van der Waals surface area contributed by atoms with Crippen molar-refractivity contribution in [2.75, 3.05) is 6.61 Å². The molecule has 1 heterocycles. The van der Waals surface area contributed by atoms with Gasteiger partial charge in [0.05, 0.1) is 18.3 Å². The first-order chi connectivity index (χ1) is 7.97. The molecule has 0 saturated carbocycles. The van der Waals surface area contributed by atoms with E-state index in [1.807, 2.05) is 45.0 Å². The summed E-state index contributed by atoms with van der Waals surface area (Å²) in [6.45, 7) is 6.42. The Morgan fingerprint density at radius 3 is 2.76 bits per heavy atom. The molecule has 4 nitrogen and oxygen atoms in total. The van der Waals surface area contributed by atoms with Gasteiger partial charge in [0.25, 0.3) is 0 Å². The maximum absolute atomic E-state index is 11.8. The third-order valence-corrected chi connectivity index (χ3v) is 2.28. The summed E-state index contributed by atoms with van der Waals surface area (Å²) in [5.74, 6) is 0. The molecule has 0 N–H and O–H groups in total. The molecule has 0 aliphatic rings. The average molecular weight is 232 g/mol. The van der Waals surface area contributed by atoms with Gasteiger partial charge in [0.15, 0.2) is 0 Å². The Kier molecular flexibility index (Phi) is 2.88. The zero-order valence-corrected chi connectivity index (χ0v) is 10.3. The van der Waals surface area contributed by atoms with E-state index in [0.717, 1.165) is 10.9 Å². The lowest BCUT2D eigenvalue weighted by Crippen LogP contribution is -2.22. The van der Waals surface area contributed by atoms with Gasteiger partial charge in [0, 0.05) is 5.39 Å². The number of fused-ring (bicyclic) bond motifs is 1. The molecular formula is C13H16N2O2. The van der Waals surface area contributed by atoms with Gasteiger partial charge >= 0.3 is 6.09 Å². The van der Waals surface area contributed by atoms with Crippen molar-refractivity contribution >= 4 is 17.0 Å². The summed E-state index contributed by atoms with van der Waals surface area (Å²) < 4.78 is 6.51. The molecule has 0 unspecified atom stereocenters. The van der Waals surface area contributed by atoms with E-state index >= 15 is 0 Å². The van der Waals surface area contributed by atoms with Crippen molar-refractivity contribution in [2.45, 2.75) is 20.8 Å². The summed E-state index contributed by atoms with van der Waals surface area (Å²) in [5.41, 5.74) is 0.727. The zero-order valence-electron chi connectivity index (χ0n) is 10.3. The number of aromatic nitrogens is 2. The molecule has 1 aromatic heterocycles. The quantitative estimate of drug-likeness (QED) is 0.759. The molecule has 0 aliphatic carbocycles. The first-order valence-corrected chi connectivity index (χ1v) is 5.57. The first-order valence-electron chi connectivity index (χ1n) is 5.57. The van der Waals surface area contributed by atoms with E-state index in [1.54, 1.807) is 6.20 Å². The van der Waals surface area contributed by atoms with Gasteiger partial charge in [0.1, 0.15) is 0 Å². The highest BCUT2D eigenvalue weighted by Crippen LogP contribution is 2.16. The number of carbonyl (C=O) groups excluding carboxylic acids is 1. The van der Waals surface area contributed by atoms with Crippen LogP contribution in [0.25, 0.3) is 10.9 Å². The highest BCUT2D eigenvalue weighted by atomic mass is 16.6. The lowest BCUT2D eigenvalue weighted by molar-refractivity contribution is 0.106. The van der Waals surface area contributed by atoms with Crippen LogP contribution in [0, 0.1) is 5.41 Å². The number of ether oxygens (including phenoxy) is 1. The van der Waals surface area contributed by atoms with Gasteiger partial charge in [-0.15, -0.1) is 0 Å². The fraction of sp³-hybridized carbons (Fsp3) is 0.385. The minimum atomic E-state index is -0.430. The molecule has 1 aromatic carbocycles. The predicted octanol–water partition coefficient (Wildman–Crippen LogP) is 3.07. The molecule has 0 spiro atoms. The fourth-order valence-electron chi connectivity index (χ4n) is 1.46. The van der Waals surface area contributed by atoms with E-state index < -0.39 is 6.09 Å². The normalized spacial score (nSPS) is 11.7. The van der Waals surface area contributed by atoms with Crippen LogP contribution >= 0.6 is 0 Å². The van der Waals surface area contributed by atoms with Crippen LogP contribution < -0.4 is 0 Å². The molecule has 0 fully saturated rings. The van der Waals surface area contributed by atoms with Gasteiger partial charge in [-0.2, -0.15) is 9.78 Å². The molecule has 0 radical (unpaired) electrons. The summed E-state index contributed by atoms with van der Waals surface area (Å²) in [6, 6.07) is 7.54. The minimum Gasteiger partial charge on any atom is -0.447 e. The number of hydrogen-bond acceptors (Lipinski definition) is 3. The standard InChI is InChI=1S/C13H16N2O2/c1-13(2,3)9-17-12(16)15-11-7-5-4-6-10(11)8-14-15/h4-8H,9H2,1-3H3. The number of hydrogen-bond donors (Lipinski definition) is 0. The Bertz CT molecular complexity index is 538. The van der Waals surface area contributed by atoms with Gasteiger partial charge in [-0.05, 0) is 11.5 Å². The summed E-state index contributed by atoms with van der Waals surface area (Å²) in [5, 5.41) is 4.97. The monoisotopic (exact) mass is 232 g/mol. The molecule has 0 bridgehead atoms. The van der Waals surface area contributed by atoms with Crippen molar-refractivity contribution in [3.05, 3.63) is 30.5 Å². The van der Waals surface area contributed by atoms with Crippen molar-refractivity contribution in [3.8, 4) is 0 Å². The van der Waals surface area contributed by atoms with Crippen LogP contribution in [0.4, 0.5) is 4.79 Å². The predicted molar refractivity (Wildman–Crippen MR) is 65.9 cm³/mol. The molecule has 0 atom stereocenters. The lowest BCUT2D eigenvalue weighted by atomic mass is 9.99. The number of nitrogens with zero attached hydrogens (tertiary/aromatic N) is 2. The molecule has 2 aromatic rings. The largest absolute Gasteiger partial charge is 0.447 e. The van der Waals surface area contributed by atoms with Crippen LogP contribution in [0.2, 0.25) is 0 Å². The van der Waals surface area contributed by atoms with Crippen LogP contribution in [0.1, 0.15) is 20.8 Å². The second-order valence-corrected chi connectivity index (χ2v) is 5.23. The highest BCUT2D eigenvalue weighted by molar-refractivity contribution is 5.87. The van der Waals surface area contributed by atoms with Crippen molar-refractivity contribution < 1.29 is 9.53 Å². The average Bonchev–Trinajstić information content (AvgIpc) is 2.68. The van der Waals surface area contributed by atoms with E-state index in [-0.39, 0.29) is 5.41 Å². The van der Waals surface area contributed by atoms with E-state index in [4.69, 9.17) is 4.74 Å². The number of benzene rings is 1. The van der Waals surface area contributed by atoms with Gasteiger partial charge in [-0.3, -0.25) is 0 Å². The molecule has 17 heavy (non-hydrogen) atoms. The van der Waals surface area contributed by atoms with E-state index in [9.17, 15) is 4.79 Å². The first kappa shape index (κ1) is 11.6.